The minimum atomic E-state index is -0.445. The van der Waals surface area contributed by atoms with Crippen LogP contribution in [-0.4, -0.2) is 68.1 Å². The van der Waals surface area contributed by atoms with Crippen LogP contribution in [0.25, 0.3) is 0 Å². The van der Waals surface area contributed by atoms with Crippen LogP contribution in [0.3, 0.4) is 0 Å². The van der Waals surface area contributed by atoms with E-state index in [0.717, 1.165) is 45.7 Å². The third kappa shape index (κ3) is 3.08. The molecule has 0 aliphatic carbocycles. The Labute approximate surface area is 130 Å². The van der Waals surface area contributed by atoms with Crippen molar-refractivity contribution in [3.05, 3.63) is 29.6 Å². The van der Waals surface area contributed by atoms with Gasteiger partial charge in [-0.2, -0.15) is 0 Å². The van der Waals surface area contributed by atoms with Gasteiger partial charge < -0.3 is 15.0 Å². The number of likely N-dealkylation sites (tertiary alicyclic amines) is 1. The van der Waals surface area contributed by atoms with Crippen molar-refractivity contribution in [2.75, 3.05) is 46.4 Å². The van der Waals surface area contributed by atoms with Crippen LogP contribution in [0, 0.1) is 5.82 Å². The highest BCUT2D eigenvalue weighted by Crippen LogP contribution is 2.22. The van der Waals surface area contributed by atoms with Crippen LogP contribution in [0.15, 0.2) is 18.2 Å². The second kappa shape index (κ2) is 6.62. The van der Waals surface area contributed by atoms with Crippen LogP contribution >= 0.6 is 0 Å². The first kappa shape index (κ1) is 15.2. The molecule has 2 fully saturated rings. The molecule has 0 radical (unpaired) electrons. The van der Waals surface area contributed by atoms with Crippen molar-refractivity contribution in [2.24, 2.45) is 0 Å². The minimum absolute atomic E-state index is 0.0454. The lowest BCUT2D eigenvalue weighted by Gasteiger charge is -2.32. The van der Waals surface area contributed by atoms with E-state index in [1.807, 2.05) is 4.90 Å². The highest BCUT2D eigenvalue weighted by Gasteiger charge is 2.31. The van der Waals surface area contributed by atoms with Crippen LogP contribution < -0.4 is 10.1 Å². The molecule has 0 saturated carbocycles. The van der Waals surface area contributed by atoms with Gasteiger partial charge in [-0.25, -0.2) is 4.39 Å². The largest absolute Gasteiger partial charge is 0.494 e. The van der Waals surface area contributed by atoms with Crippen LogP contribution in [0.2, 0.25) is 0 Å². The molecule has 2 heterocycles. The first-order valence-electron chi connectivity index (χ1n) is 7.76. The number of methoxy groups -OCH3 is 1. The lowest BCUT2D eigenvalue weighted by atomic mass is 10.2. The predicted molar refractivity (Wildman–Crippen MR) is 81.7 cm³/mol. The summed E-state index contributed by atoms with van der Waals surface area (Å²) in [7, 11) is 1.41. The molecule has 1 aromatic rings. The molecule has 6 heteroatoms. The van der Waals surface area contributed by atoms with Gasteiger partial charge in [0.05, 0.1) is 7.11 Å². The van der Waals surface area contributed by atoms with E-state index in [-0.39, 0.29) is 11.7 Å². The number of rotatable bonds is 3. The Morgan fingerprint density at radius 2 is 2.09 bits per heavy atom. The quantitative estimate of drug-likeness (QED) is 0.903. The van der Waals surface area contributed by atoms with E-state index in [9.17, 15) is 9.18 Å². The molecule has 5 nitrogen and oxygen atoms in total. The maximum atomic E-state index is 13.5. The van der Waals surface area contributed by atoms with Gasteiger partial charge in [-0.15, -0.1) is 0 Å². The fourth-order valence-electron chi connectivity index (χ4n) is 3.25. The summed E-state index contributed by atoms with van der Waals surface area (Å²) >= 11 is 0. The Morgan fingerprint density at radius 3 is 2.82 bits per heavy atom. The third-order valence-corrected chi connectivity index (χ3v) is 4.52. The number of carbonyl (C=O) groups excluding carboxylic acids is 1. The van der Waals surface area contributed by atoms with Gasteiger partial charge in [0.1, 0.15) is 0 Å². The summed E-state index contributed by atoms with van der Waals surface area (Å²) in [6.45, 7) is 5.61. The molecule has 0 spiro atoms. The van der Waals surface area contributed by atoms with Crippen molar-refractivity contribution in [1.82, 2.24) is 15.1 Å². The standard InChI is InChI=1S/C16H22FN3O2/c1-22-15-10-12(2-3-14(15)17)16(21)20-7-4-13(11-20)19-8-5-18-6-9-19/h2-3,10,13,18H,4-9,11H2,1H3. The number of nitrogens with one attached hydrogen (secondary N) is 1. The number of ether oxygens (including phenoxy) is 1. The molecule has 22 heavy (non-hydrogen) atoms. The maximum absolute atomic E-state index is 13.5. The molecule has 1 N–H and O–H groups in total. The number of amides is 1. The van der Waals surface area contributed by atoms with E-state index in [4.69, 9.17) is 4.74 Å². The molecule has 1 amide bonds. The number of piperazine rings is 1. The van der Waals surface area contributed by atoms with E-state index in [0.29, 0.717) is 11.6 Å². The van der Waals surface area contributed by atoms with Gasteiger partial charge in [-0.3, -0.25) is 9.69 Å². The molecule has 2 saturated heterocycles. The molecule has 2 aliphatic heterocycles. The van der Waals surface area contributed by atoms with Gasteiger partial charge in [0.15, 0.2) is 11.6 Å². The minimum Gasteiger partial charge on any atom is -0.494 e. The summed E-state index contributed by atoms with van der Waals surface area (Å²) in [4.78, 5) is 16.9. The van der Waals surface area contributed by atoms with E-state index in [1.54, 1.807) is 0 Å². The molecular formula is C16H22FN3O2. The number of hydrogen-bond donors (Lipinski definition) is 1. The number of benzene rings is 1. The van der Waals surface area contributed by atoms with Crippen LogP contribution in [0.5, 0.6) is 5.75 Å². The van der Waals surface area contributed by atoms with Gasteiger partial charge in [0.25, 0.3) is 5.91 Å². The molecular weight excluding hydrogens is 285 g/mol. The van der Waals surface area contributed by atoms with Crippen molar-refractivity contribution in [2.45, 2.75) is 12.5 Å². The van der Waals surface area contributed by atoms with Crippen molar-refractivity contribution in [3.63, 3.8) is 0 Å². The van der Waals surface area contributed by atoms with Crippen molar-refractivity contribution in [1.29, 1.82) is 0 Å². The van der Waals surface area contributed by atoms with Gasteiger partial charge in [-0.1, -0.05) is 0 Å². The normalized spacial score (nSPS) is 22.8. The van der Waals surface area contributed by atoms with E-state index in [2.05, 4.69) is 10.2 Å². The van der Waals surface area contributed by atoms with Crippen molar-refractivity contribution in [3.8, 4) is 5.75 Å². The SMILES string of the molecule is COc1cc(C(=O)N2CCC(N3CCNCC3)C2)ccc1F. The van der Waals surface area contributed by atoms with E-state index in [1.165, 1.54) is 25.3 Å². The first-order valence-corrected chi connectivity index (χ1v) is 7.76. The molecule has 0 aromatic heterocycles. The average Bonchev–Trinajstić information content (AvgIpc) is 3.05. The highest BCUT2D eigenvalue weighted by atomic mass is 19.1. The summed E-state index contributed by atoms with van der Waals surface area (Å²) in [6, 6.07) is 4.73. The maximum Gasteiger partial charge on any atom is 0.254 e. The molecule has 1 atom stereocenters. The van der Waals surface area contributed by atoms with Crippen LogP contribution in [-0.2, 0) is 0 Å². The van der Waals surface area contributed by atoms with Crippen molar-refractivity contribution >= 4 is 5.91 Å². The summed E-state index contributed by atoms with van der Waals surface area (Å²) in [6.07, 6.45) is 1.00. The second-order valence-corrected chi connectivity index (χ2v) is 5.83. The van der Waals surface area contributed by atoms with E-state index >= 15 is 0 Å². The Bertz CT molecular complexity index is 546. The number of carbonyl (C=O) groups is 1. The monoisotopic (exact) mass is 307 g/mol. The zero-order valence-corrected chi connectivity index (χ0v) is 12.8. The third-order valence-electron chi connectivity index (χ3n) is 4.52. The smallest absolute Gasteiger partial charge is 0.254 e. The molecule has 1 unspecified atom stereocenters. The lowest BCUT2D eigenvalue weighted by Crippen LogP contribution is -2.49. The predicted octanol–water partition coefficient (Wildman–Crippen LogP) is 0.954. The summed E-state index contributed by atoms with van der Waals surface area (Å²) < 4.78 is 18.4. The van der Waals surface area contributed by atoms with Crippen LogP contribution in [0.4, 0.5) is 4.39 Å². The molecule has 2 aliphatic rings. The molecule has 0 bridgehead atoms. The summed E-state index contributed by atoms with van der Waals surface area (Å²) in [5, 5.41) is 3.34. The number of halogens is 1. The Balaban J connectivity index is 1.66. The summed E-state index contributed by atoms with van der Waals surface area (Å²) in [5.41, 5.74) is 0.485. The fraction of sp³-hybridized carbons (Fsp3) is 0.562. The zero-order chi connectivity index (χ0) is 15.5. The highest BCUT2D eigenvalue weighted by molar-refractivity contribution is 5.94. The average molecular weight is 307 g/mol. The van der Waals surface area contributed by atoms with E-state index < -0.39 is 5.82 Å². The zero-order valence-electron chi connectivity index (χ0n) is 12.8. The Morgan fingerprint density at radius 1 is 1.32 bits per heavy atom. The molecule has 120 valence electrons. The Hall–Kier alpha value is -1.66. The fourth-order valence-corrected chi connectivity index (χ4v) is 3.25. The van der Waals surface area contributed by atoms with Crippen LogP contribution in [0.1, 0.15) is 16.8 Å². The lowest BCUT2D eigenvalue weighted by molar-refractivity contribution is 0.0773. The number of hydrogen-bond acceptors (Lipinski definition) is 4. The second-order valence-electron chi connectivity index (χ2n) is 5.83. The van der Waals surface area contributed by atoms with Gasteiger partial charge >= 0.3 is 0 Å². The Kier molecular flexibility index (Phi) is 4.59. The number of nitrogens with zero attached hydrogens (tertiary/aromatic N) is 2. The molecule has 3 rings (SSSR count). The van der Waals surface area contributed by atoms with Crippen molar-refractivity contribution < 1.29 is 13.9 Å². The van der Waals surface area contributed by atoms with Gasteiger partial charge in [0, 0.05) is 50.9 Å². The topological polar surface area (TPSA) is 44.8 Å². The first-order chi connectivity index (χ1) is 10.7. The summed E-state index contributed by atoms with van der Waals surface area (Å²) in [5.74, 6) is -0.376. The van der Waals surface area contributed by atoms with Gasteiger partial charge in [0.2, 0.25) is 0 Å². The molecule has 1 aromatic carbocycles. The van der Waals surface area contributed by atoms with Gasteiger partial charge in [-0.05, 0) is 24.6 Å².